The fraction of sp³-hybridized carbons (Fsp3) is 0.447. The van der Waals surface area contributed by atoms with Crippen LogP contribution in [0.4, 0.5) is 25.0 Å². The molecule has 342 valence electrons. The number of piperidine rings is 2. The molecule has 3 saturated heterocycles. The lowest BCUT2D eigenvalue weighted by Crippen LogP contribution is -2.59. The number of aromatic nitrogens is 3. The molecule has 1 spiro atoms. The molecule has 7 heterocycles. The number of imide groups is 1. The van der Waals surface area contributed by atoms with Crippen LogP contribution in [0.3, 0.4) is 0 Å². The van der Waals surface area contributed by atoms with Gasteiger partial charge in [-0.1, -0.05) is 37.5 Å². The Morgan fingerprint density at radius 2 is 1.72 bits per heavy atom. The summed E-state index contributed by atoms with van der Waals surface area (Å²) in [6.45, 7) is 3.46. The van der Waals surface area contributed by atoms with Crippen molar-refractivity contribution in [1.82, 2.24) is 35.1 Å². The molecule has 4 aromatic rings. The van der Waals surface area contributed by atoms with Gasteiger partial charge in [0.1, 0.15) is 17.6 Å². The fourth-order valence-corrected chi connectivity index (χ4v) is 9.82. The topological polar surface area (TPSA) is 183 Å². The smallest absolute Gasteiger partial charge is 0.328 e. The maximum atomic E-state index is 16.3. The van der Waals surface area contributed by atoms with Gasteiger partial charge in [0.15, 0.2) is 5.82 Å². The lowest BCUT2D eigenvalue weighted by Gasteiger charge is -2.51. The second-order valence-corrected chi connectivity index (χ2v) is 17.8. The Morgan fingerprint density at radius 1 is 0.954 bits per heavy atom. The highest BCUT2D eigenvalue weighted by molar-refractivity contribution is 6.07. The van der Waals surface area contributed by atoms with Crippen molar-refractivity contribution in [3.8, 4) is 17.0 Å². The number of pyridine rings is 1. The van der Waals surface area contributed by atoms with Gasteiger partial charge < -0.3 is 25.6 Å². The van der Waals surface area contributed by atoms with E-state index < -0.39 is 23.3 Å². The minimum Gasteiger partial charge on any atom is -0.494 e. The van der Waals surface area contributed by atoms with Gasteiger partial charge in [0.05, 0.1) is 36.9 Å². The van der Waals surface area contributed by atoms with Crippen molar-refractivity contribution in [1.29, 1.82) is 0 Å². The van der Waals surface area contributed by atoms with Crippen LogP contribution < -0.4 is 36.3 Å². The monoisotopic (exact) mass is 891 g/mol. The molecule has 16 nitrogen and oxygen atoms in total. The molecule has 0 radical (unpaired) electrons. The first kappa shape index (κ1) is 43.7. The van der Waals surface area contributed by atoms with Gasteiger partial charge in [-0.3, -0.25) is 39.9 Å². The Balaban J connectivity index is 0.00000171. The van der Waals surface area contributed by atoms with Crippen LogP contribution in [0.25, 0.3) is 17.0 Å². The first-order chi connectivity index (χ1) is 31.3. The molecule has 2 aromatic carbocycles. The second-order valence-electron chi connectivity index (χ2n) is 17.8. The average molecular weight is 892 g/mol. The van der Waals surface area contributed by atoms with Crippen molar-refractivity contribution in [2.24, 2.45) is 11.1 Å². The van der Waals surface area contributed by atoms with Crippen LogP contribution in [0.2, 0.25) is 0 Å². The number of halogens is 2. The summed E-state index contributed by atoms with van der Waals surface area (Å²) in [5, 5.41) is 5.48. The van der Waals surface area contributed by atoms with E-state index in [0.717, 1.165) is 46.7 Å². The van der Waals surface area contributed by atoms with Crippen LogP contribution in [0.15, 0.2) is 60.9 Å². The van der Waals surface area contributed by atoms with Crippen molar-refractivity contribution in [3.63, 3.8) is 0 Å². The van der Waals surface area contributed by atoms with E-state index in [4.69, 9.17) is 15.5 Å². The maximum Gasteiger partial charge on any atom is 0.328 e. The SMILES string of the molecule is C1CC1.CNC1=CC(N2CCc3c(-c4ccc(CN5CCC6(CCN(C(=O)c7cc(C)c(OC)c(N8CCC(=O)NC8=O)c7)CC6)C(F)(F)C5)cn4)cccc32)Nn2c(C(N)=O)cnc21. The summed E-state index contributed by atoms with van der Waals surface area (Å²) in [5.41, 5.74) is 15.0. The van der Waals surface area contributed by atoms with Gasteiger partial charge in [0.2, 0.25) is 5.91 Å². The molecule has 65 heavy (non-hydrogen) atoms. The standard InChI is InChI=1S/C44H49F2N11O5.C3H6/c1-26-19-28(20-34(38(26)62-3)56-15-10-37(58)51-42(56)61)41(60)54-17-12-43(13-18-54)11-16-53(25-44(43,45)46)24-27-7-8-31(49-22-27)29-5-4-6-33-30(29)9-14-55(33)36-21-32(48-2)40-50-23-35(39(47)59)57(40)52-36;1-2-3-1/h4-8,19-23,36,48,52H,9-18,24-25H2,1-3H3,(H2,47,59)(H,51,58,61);1-3H2. The number of likely N-dealkylation sites (tertiary alicyclic amines) is 2. The van der Waals surface area contributed by atoms with E-state index in [1.165, 1.54) is 37.5 Å². The molecule has 1 aliphatic carbocycles. The lowest BCUT2D eigenvalue weighted by atomic mass is 9.68. The van der Waals surface area contributed by atoms with Crippen LogP contribution in [0, 0.1) is 12.3 Å². The van der Waals surface area contributed by atoms with Crippen LogP contribution in [-0.4, -0.2) is 114 Å². The number of amides is 5. The van der Waals surface area contributed by atoms with E-state index in [-0.39, 0.29) is 69.1 Å². The van der Waals surface area contributed by atoms with Crippen molar-refractivity contribution < 1.29 is 32.7 Å². The van der Waals surface area contributed by atoms with Gasteiger partial charge in [0.25, 0.3) is 17.7 Å². The molecule has 5 amide bonds. The molecular weight excluding hydrogens is 837 g/mol. The average Bonchev–Trinajstić information content (AvgIpc) is 4.02. The summed E-state index contributed by atoms with van der Waals surface area (Å²) in [5.74, 6) is -3.24. The number of carbonyl (C=O) groups is 4. The third-order valence-electron chi connectivity index (χ3n) is 13.5. The summed E-state index contributed by atoms with van der Waals surface area (Å²) >= 11 is 0. The van der Waals surface area contributed by atoms with Gasteiger partial charge >= 0.3 is 6.03 Å². The highest BCUT2D eigenvalue weighted by Gasteiger charge is 2.57. The summed E-state index contributed by atoms with van der Waals surface area (Å²) in [6.07, 6.45) is 11.0. The van der Waals surface area contributed by atoms with Crippen molar-refractivity contribution in [3.05, 3.63) is 94.7 Å². The highest BCUT2D eigenvalue weighted by atomic mass is 19.3. The van der Waals surface area contributed by atoms with Crippen LogP contribution >= 0.6 is 0 Å². The summed E-state index contributed by atoms with van der Waals surface area (Å²) in [6, 6.07) is 12.7. The van der Waals surface area contributed by atoms with Crippen LogP contribution in [0.1, 0.15) is 88.3 Å². The van der Waals surface area contributed by atoms with Crippen molar-refractivity contribution >= 4 is 40.8 Å². The quantitative estimate of drug-likeness (QED) is 0.172. The molecular formula is C47H55F2N11O5. The number of aryl methyl sites for hydroxylation is 1. The number of nitrogens with one attached hydrogen (secondary N) is 3. The number of hydrogen-bond acceptors (Lipinski definition) is 11. The van der Waals surface area contributed by atoms with E-state index in [1.54, 1.807) is 46.8 Å². The minimum absolute atomic E-state index is 0.111. The van der Waals surface area contributed by atoms with Gasteiger partial charge in [-0.25, -0.2) is 23.2 Å². The number of methoxy groups -OCH3 is 1. The summed E-state index contributed by atoms with van der Waals surface area (Å²) in [7, 11) is 3.28. The third kappa shape index (κ3) is 8.35. The zero-order valence-electron chi connectivity index (χ0n) is 37.0. The fourth-order valence-electron chi connectivity index (χ4n) is 9.82. The molecule has 6 aliphatic rings. The van der Waals surface area contributed by atoms with E-state index in [2.05, 4.69) is 32.0 Å². The Labute approximate surface area is 376 Å². The number of benzene rings is 2. The number of primary amides is 1. The largest absolute Gasteiger partial charge is 0.494 e. The third-order valence-corrected chi connectivity index (χ3v) is 13.5. The van der Waals surface area contributed by atoms with E-state index in [1.807, 2.05) is 30.3 Å². The summed E-state index contributed by atoms with van der Waals surface area (Å²) < 4.78 is 39.7. The predicted octanol–water partition coefficient (Wildman–Crippen LogP) is 5.25. The number of rotatable bonds is 9. The van der Waals surface area contributed by atoms with Crippen LogP contribution in [-0.2, 0) is 17.8 Å². The maximum absolute atomic E-state index is 16.3. The Hall–Kier alpha value is -6.56. The summed E-state index contributed by atoms with van der Waals surface area (Å²) in [4.78, 5) is 66.6. The molecule has 1 atom stereocenters. The van der Waals surface area contributed by atoms with E-state index in [9.17, 15) is 19.2 Å². The van der Waals surface area contributed by atoms with Gasteiger partial charge in [0, 0.05) is 74.6 Å². The minimum atomic E-state index is -2.97. The molecule has 18 heteroatoms. The van der Waals surface area contributed by atoms with E-state index in [0.29, 0.717) is 47.9 Å². The first-order valence-corrected chi connectivity index (χ1v) is 22.4. The van der Waals surface area contributed by atoms with E-state index >= 15 is 8.78 Å². The number of ether oxygens (including phenoxy) is 1. The molecule has 0 bridgehead atoms. The molecule has 1 unspecified atom stereocenters. The van der Waals surface area contributed by atoms with Crippen molar-refractivity contribution in [2.45, 2.75) is 76.9 Å². The number of nitrogens with two attached hydrogens (primary N) is 1. The Kier molecular flexibility index (Phi) is 11.7. The highest BCUT2D eigenvalue weighted by Crippen LogP contribution is 2.51. The van der Waals surface area contributed by atoms with Gasteiger partial charge in [-0.05, 0) is 86.2 Å². The molecule has 2 aromatic heterocycles. The number of hydrogen-bond donors (Lipinski definition) is 4. The molecule has 5 aliphatic heterocycles. The van der Waals surface area contributed by atoms with Gasteiger partial charge in [-0.15, -0.1) is 0 Å². The molecule has 5 N–H and O–H groups in total. The Bertz CT molecular complexity index is 2550. The zero-order chi connectivity index (χ0) is 45.6. The normalized spacial score (nSPS) is 20.7. The van der Waals surface area contributed by atoms with Crippen LogP contribution in [0.5, 0.6) is 5.75 Å². The number of imidazole rings is 1. The second kappa shape index (κ2) is 17.4. The zero-order valence-corrected chi connectivity index (χ0v) is 37.0. The van der Waals surface area contributed by atoms with Gasteiger partial charge in [-0.2, -0.15) is 0 Å². The lowest BCUT2D eigenvalue weighted by molar-refractivity contribution is -0.186. The number of urea groups is 1. The molecule has 1 saturated carbocycles. The Morgan fingerprint density at radius 3 is 2.38 bits per heavy atom. The number of nitrogens with zero attached hydrogens (tertiary/aromatic N) is 7. The molecule has 4 fully saturated rings. The first-order valence-electron chi connectivity index (χ1n) is 22.4. The molecule has 10 rings (SSSR count). The predicted molar refractivity (Wildman–Crippen MR) is 241 cm³/mol. The number of anilines is 2. The number of alkyl halides is 2. The number of fused-ring (bicyclic) bond motifs is 2. The number of carbonyl (C=O) groups excluding carboxylic acids is 4. The van der Waals surface area contributed by atoms with Crippen molar-refractivity contribution in [2.75, 3.05) is 68.7 Å².